The molecule has 7 nitrogen and oxygen atoms in total. The van der Waals surface area contributed by atoms with E-state index in [1.165, 1.54) is 18.2 Å². The second-order valence-corrected chi connectivity index (χ2v) is 9.28. The molecule has 0 aromatic heterocycles. The van der Waals surface area contributed by atoms with Crippen molar-refractivity contribution in [1.29, 1.82) is 0 Å². The molecule has 1 aliphatic rings. The standard InChI is InChI=1S/C27H21BrClFN2O5/c1-3-36-23-13-17(12-20(28)24(23)37-14-16-6-4-7-18(30)10-16)11-19-25(33)31-27(35)32(26(19)34)22-9-5-8-21(29)15(22)2/h4-13H,3,14H2,1-2H3,(H,31,33,35)/b19-11+. The molecule has 1 N–H and O–H groups in total. The number of benzene rings is 3. The predicted molar refractivity (Wildman–Crippen MR) is 141 cm³/mol. The van der Waals surface area contributed by atoms with E-state index in [1.54, 1.807) is 56.3 Å². The van der Waals surface area contributed by atoms with Crippen LogP contribution in [0.15, 0.2) is 64.6 Å². The normalized spacial score (nSPS) is 14.7. The summed E-state index contributed by atoms with van der Waals surface area (Å²) in [6.45, 7) is 3.88. The minimum absolute atomic E-state index is 0.0911. The molecule has 0 unspecified atom stereocenters. The number of imide groups is 2. The van der Waals surface area contributed by atoms with Crippen molar-refractivity contribution in [2.45, 2.75) is 20.5 Å². The molecule has 10 heteroatoms. The highest BCUT2D eigenvalue weighted by molar-refractivity contribution is 9.10. The summed E-state index contributed by atoms with van der Waals surface area (Å²) in [6.07, 6.45) is 1.36. The fourth-order valence-electron chi connectivity index (χ4n) is 3.74. The van der Waals surface area contributed by atoms with Crippen molar-refractivity contribution in [1.82, 2.24) is 5.32 Å². The maximum Gasteiger partial charge on any atom is 0.335 e. The number of ether oxygens (including phenoxy) is 2. The molecule has 1 aliphatic heterocycles. The fraction of sp³-hybridized carbons (Fsp3) is 0.148. The smallest absolute Gasteiger partial charge is 0.335 e. The molecule has 4 amide bonds. The van der Waals surface area contributed by atoms with Gasteiger partial charge in [-0.3, -0.25) is 14.9 Å². The number of nitrogens with one attached hydrogen (secondary N) is 1. The van der Waals surface area contributed by atoms with Crippen molar-refractivity contribution in [3.8, 4) is 11.5 Å². The number of anilines is 1. The van der Waals surface area contributed by atoms with Crippen LogP contribution < -0.4 is 19.7 Å². The first-order chi connectivity index (χ1) is 17.7. The van der Waals surface area contributed by atoms with E-state index in [2.05, 4.69) is 21.2 Å². The molecule has 0 aliphatic carbocycles. The van der Waals surface area contributed by atoms with E-state index in [1.807, 2.05) is 0 Å². The van der Waals surface area contributed by atoms with Crippen LogP contribution in [0.25, 0.3) is 6.08 Å². The molecule has 0 saturated carbocycles. The topological polar surface area (TPSA) is 84.9 Å². The number of carbonyl (C=O) groups is 3. The summed E-state index contributed by atoms with van der Waals surface area (Å²) in [5, 5.41) is 2.58. The second-order valence-electron chi connectivity index (χ2n) is 8.02. The molecule has 0 radical (unpaired) electrons. The van der Waals surface area contributed by atoms with Crippen molar-refractivity contribution in [2.24, 2.45) is 0 Å². The van der Waals surface area contributed by atoms with E-state index < -0.39 is 17.8 Å². The van der Waals surface area contributed by atoms with Crippen molar-refractivity contribution < 1.29 is 28.2 Å². The van der Waals surface area contributed by atoms with E-state index in [-0.39, 0.29) is 23.7 Å². The zero-order valence-corrected chi connectivity index (χ0v) is 22.2. The highest BCUT2D eigenvalue weighted by Crippen LogP contribution is 2.38. The van der Waals surface area contributed by atoms with E-state index in [4.69, 9.17) is 21.1 Å². The van der Waals surface area contributed by atoms with Gasteiger partial charge in [0.05, 0.1) is 16.8 Å². The van der Waals surface area contributed by atoms with Gasteiger partial charge in [0.1, 0.15) is 18.0 Å². The van der Waals surface area contributed by atoms with E-state index in [0.29, 0.717) is 44.3 Å². The van der Waals surface area contributed by atoms with Crippen LogP contribution >= 0.6 is 27.5 Å². The number of halogens is 3. The molecule has 1 heterocycles. The second kappa shape index (κ2) is 11.1. The van der Waals surface area contributed by atoms with Gasteiger partial charge in [-0.1, -0.05) is 29.8 Å². The quantitative estimate of drug-likeness (QED) is 0.263. The Balaban J connectivity index is 1.68. The Morgan fingerprint density at radius 3 is 2.57 bits per heavy atom. The van der Waals surface area contributed by atoms with Gasteiger partial charge < -0.3 is 9.47 Å². The SMILES string of the molecule is CCOc1cc(/C=C2\C(=O)NC(=O)N(c3cccc(Cl)c3C)C2=O)cc(Br)c1OCc1cccc(F)c1. The molecular formula is C27H21BrClFN2O5. The molecule has 3 aromatic rings. The summed E-state index contributed by atoms with van der Waals surface area (Å²) < 4.78 is 25.6. The van der Waals surface area contributed by atoms with Crippen molar-refractivity contribution in [3.05, 3.63) is 92.2 Å². The largest absolute Gasteiger partial charge is 0.490 e. The summed E-state index contributed by atoms with van der Waals surface area (Å²) in [6, 6.07) is 13.2. The van der Waals surface area contributed by atoms with Gasteiger partial charge >= 0.3 is 6.03 Å². The molecular weight excluding hydrogens is 567 g/mol. The lowest BCUT2D eigenvalue weighted by Crippen LogP contribution is -2.54. The Bertz CT molecular complexity index is 1440. The first-order valence-corrected chi connectivity index (χ1v) is 12.4. The van der Waals surface area contributed by atoms with Crippen LogP contribution in [-0.2, 0) is 16.2 Å². The lowest BCUT2D eigenvalue weighted by atomic mass is 10.1. The van der Waals surface area contributed by atoms with Crippen LogP contribution in [0.4, 0.5) is 14.9 Å². The Morgan fingerprint density at radius 1 is 1.08 bits per heavy atom. The molecule has 1 fully saturated rings. The molecule has 1 saturated heterocycles. The van der Waals surface area contributed by atoms with Crippen LogP contribution in [0, 0.1) is 12.7 Å². The highest BCUT2D eigenvalue weighted by atomic mass is 79.9. The van der Waals surface area contributed by atoms with Crippen LogP contribution in [0.5, 0.6) is 11.5 Å². The summed E-state index contributed by atoms with van der Waals surface area (Å²) in [7, 11) is 0. The zero-order chi connectivity index (χ0) is 26.7. The third-order valence-corrected chi connectivity index (χ3v) is 6.50. The Kier molecular flexibility index (Phi) is 7.94. The van der Waals surface area contributed by atoms with Crippen LogP contribution in [0.2, 0.25) is 5.02 Å². The number of rotatable bonds is 7. The third kappa shape index (κ3) is 5.68. The van der Waals surface area contributed by atoms with Gasteiger partial charge in [-0.05, 0) is 88.9 Å². The average Bonchev–Trinajstić information content (AvgIpc) is 2.84. The van der Waals surface area contributed by atoms with Crippen molar-refractivity contribution >= 4 is 57.1 Å². The average molecular weight is 588 g/mol. The Labute approximate surface area is 225 Å². The Hall–Kier alpha value is -3.69. The van der Waals surface area contributed by atoms with E-state index in [9.17, 15) is 18.8 Å². The number of hydrogen-bond acceptors (Lipinski definition) is 5. The minimum atomic E-state index is -0.866. The molecule has 3 aromatic carbocycles. The Morgan fingerprint density at radius 2 is 1.84 bits per heavy atom. The molecule has 0 atom stereocenters. The lowest BCUT2D eigenvalue weighted by molar-refractivity contribution is -0.122. The van der Waals surface area contributed by atoms with E-state index >= 15 is 0 Å². The molecule has 190 valence electrons. The minimum Gasteiger partial charge on any atom is -0.490 e. The van der Waals surface area contributed by atoms with Crippen LogP contribution in [0.1, 0.15) is 23.6 Å². The number of urea groups is 1. The monoisotopic (exact) mass is 586 g/mol. The van der Waals surface area contributed by atoms with Crippen LogP contribution in [-0.4, -0.2) is 24.5 Å². The maximum absolute atomic E-state index is 13.5. The van der Waals surface area contributed by atoms with Gasteiger partial charge in [0, 0.05) is 5.02 Å². The van der Waals surface area contributed by atoms with Gasteiger partial charge in [0.2, 0.25) is 0 Å². The number of barbiturate groups is 1. The zero-order valence-electron chi connectivity index (χ0n) is 19.8. The molecule has 0 bridgehead atoms. The number of carbonyl (C=O) groups excluding carboxylic acids is 3. The van der Waals surface area contributed by atoms with Gasteiger partial charge in [-0.2, -0.15) is 0 Å². The third-order valence-electron chi connectivity index (χ3n) is 5.50. The molecule has 4 rings (SSSR count). The fourth-order valence-corrected chi connectivity index (χ4v) is 4.48. The van der Waals surface area contributed by atoms with Gasteiger partial charge in [0.25, 0.3) is 11.8 Å². The number of hydrogen-bond donors (Lipinski definition) is 1. The highest BCUT2D eigenvalue weighted by Gasteiger charge is 2.37. The van der Waals surface area contributed by atoms with E-state index in [0.717, 1.165) is 4.90 Å². The van der Waals surface area contributed by atoms with Crippen LogP contribution in [0.3, 0.4) is 0 Å². The predicted octanol–water partition coefficient (Wildman–Crippen LogP) is 6.19. The van der Waals surface area contributed by atoms with Gasteiger partial charge in [-0.15, -0.1) is 0 Å². The number of amides is 4. The summed E-state index contributed by atoms with van der Waals surface area (Å²) >= 11 is 9.63. The van der Waals surface area contributed by atoms with Gasteiger partial charge in [0.15, 0.2) is 11.5 Å². The van der Waals surface area contributed by atoms with Crippen molar-refractivity contribution in [2.75, 3.05) is 11.5 Å². The molecule has 37 heavy (non-hydrogen) atoms. The molecule has 0 spiro atoms. The lowest BCUT2D eigenvalue weighted by Gasteiger charge is -2.27. The number of nitrogens with zero attached hydrogens (tertiary/aromatic N) is 1. The summed E-state index contributed by atoms with van der Waals surface area (Å²) in [5.41, 5.74) is 1.62. The summed E-state index contributed by atoms with van der Waals surface area (Å²) in [5.74, 6) is -1.27. The first kappa shape index (κ1) is 26.4. The van der Waals surface area contributed by atoms with Crippen molar-refractivity contribution in [3.63, 3.8) is 0 Å². The summed E-state index contributed by atoms with van der Waals surface area (Å²) in [4.78, 5) is 39.4. The first-order valence-electron chi connectivity index (χ1n) is 11.2. The maximum atomic E-state index is 13.5. The van der Waals surface area contributed by atoms with Gasteiger partial charge in [-0.25, -0.2) is 14.1 Å².